The van der Waals surface area contributed by atoms with Gasteiger partial charge in [-0.1, -0.05) is 12.8 Å². The van der Waals surface area contributed by atoms with Crippen molar-refractivity contribution < 1.29 is 0 Å². The maximum absolute atomic E-state index is 6.22. The minimum atomic E-state index is 0.440. The van der Waals surface area contributed by atoms with E-state index in [9.17, 15) is 0 Å². The predicted molar refractivity (Wildman–Crippen MR) is 51.0 cm³/mol. The van der Waals surface area contributed by atoms with E-state index in [4.69, 9.17) is 5.73 Å². The molecule has 0 amide bonds. The van der Waals surface area contributed by atoms with Crippen molar-refractivity contribution in [3.63, 3.8) is 0 Å². The fourth-order valence-electron chi connectivity index (χ4n) is 2.71. The molecule has 0 aromatic carbocycles. The predicted octanol–water partition coefficient (Wildman–Crippen LogP) is 1.26. The molecule has 0 aromatic rings. The molecule has 2 aliphatic rings. The summed E-state index contributed by atoms with van der Waals surface area (Å²) in [5.74, 6) is 0.820. The van der Waals surface area contributed by atoms with E-state index in [0.717, 1.165) is 5.92 Å². The first-order chi connectivity index (χ1) is 5.88. The molecule has 2 atom stereocenters. The molecule has 70 valence electrons. The van der Waals surface area contributed by atoms with E-state index in [0.29, 0.717) is 12.1 Å². The summed E-state index contributed by atoms with van der Waals surface area (Å²) in [4.78, 5) is 0. The summed E-state index contributed by atoms with van der Waals surface area (Å²) in [6.07, 6.45) is 8.19. The van der Waals surface area contributed by atoms with Crippen LogP contribution >= 0.6 is 0 Å². The molecule has 12 heavy (non-hydrogen) atoms. The molecule has 2 nitrogen and oxygen atoms in total. The van der Waals surface area contributed by atoms with Crippen LogP contribution in [0.5, 0.6) is 0 Å². The van der Waals surface area contributed by atoms with E-state index in [-0.39, 0.29) is 0 Å². The molecule has 0 aromatic heterocycles. The van der Waals surface area contributed by atoms with Crippen LogP contribution in [0.25, 0.3) is 0 Å². The van der Waals surface area contributed by atoms with Gasteiger partial charge in [0.05, 0.1) is 0 Å². The van der Waals surface area contributed by atoms with Crippen LogP contribution in [0.3, 0.4) is 0 Å². The highest BCUT2D eigenvalue weighted by molar-refractivity contribution is 4.90. The molecule has 0 radical (unpaired) electrons. The average molecular weight is 168 g/mol. The van der Waals surface area contributed by atoms with Gasteiger partial charge in [0.15, 0.2) is 0 Å². The van der Waals surface area contributed by atoms with E-state index < -0.39 is 0 Å². The summed E-state index contributed by atoms with van der Waals surface area (Å²) in [6.45, 7) is 1.19. The summed E-state index contributed by atoms with van der Waals surface area (Å²) in [5, 5.41) is 3.51. The van der Waals surface area contributed by atoms with Crippen LogP contribution < -0.4 is 11.1 Å². The van der Waals surface area contributed by atoms with Crippen LogP contribution in [-0.2, 0) is 0 Å². The Morgan fingerprint density at radius 1 is 1.08 bits per heavy atom. The largest absolute Gasteiger partial charge is 0.326 e. The second-order valence-electron chi connectivity index (χ2n) is 4.32. The Labute approximate surface area is 74.9 Å². The van der Waals surface area contributed by atoms with Gasteiger partial charge in [-0.2, -0.15) is 0 Å². The van der Waals surface area contributed by atoms with Gasteiger partial charge < -0.3 is 11.1 Å². The van der Waals surface area contributed by atoms with Crippen molar-refractivity contribution in [3.05, 3.63) is 0 Å². The van der Waals surface area contributed by atoms with Crippen LogP contribution in [0.4, 0.5) is 0 Å². The van der Waals surface area contributed by atoms with Crippen molar-refractivity contribution in [2.45, 2.75) is 50.6 Å². The van der Waals surface area contributed by atoms with Crippen molar-refractivity contribution in [2.24, 2.45) is 11.7 Å². The SMILES string of the molecule is NC(C1CCCC1)C1CCCN1. The van der Waals surface area contributed by atoms with Gasteiger partial charge in [0.2, 0.25) is 0 Å². The molecule has 2 rings (SSSR count). The monoisotopic (exact) mass is 168 g/mol. The Kier molecular flexibility index (Phi) is 2.66. The Hall–Kier alpha value is -0.0800. The highest BCUT2D eigenvalue weighted by Gasteiger charge is 2.29. The van der Waals surface area contributed by atoms with Gasteiger partial charge in [0.25, 0.3) is 0 Å². The summed E-state index contributed by atoms with van der Waals surface area (Å²) >= 11 is 0. The summed E-state index contributed by atoms with van der Waals surface area (Å²) < 4.78 is 0. The van der Waals surface area contributed by atoms with Crippen LogP contribution in [0.15, 0.2) is 0 Å². The van der Waals surface area contributed by atoms with Gasteiger partial charge in [0, 0.05) is 12.1 Å². The standard InChI is InChI=1S/C10H20N2/c11-10(8-4-1-2-5-8)9-6-3-7-12-9/h8-10,12H,1-7,11H2. The third-order valence-electron chi connectivity index (χ3n) is 3.51. The molecular weight excluding hydrogens is 148 g/mol. The zero-order chi connectivity index (χ0) is 8.39. The molecule has 1 saturated heterocycles. The van der Waals surface area contributed by atoms with Gasteiger partial charge in [-0.15, -0.1) is 0 Å². The number of nitrogens with one attached hydrogen (secondary N) is 1. The van der Waals surface area contributed by atoms with Crippen molar-refractivity contribution in [2.75, 3.05) is 6.54 Å². The van der Waals surface area contributed by atoms with Crippen molar-refractivity contribution in [3.8, 4) is 0 Å². The van der Waals surface area contributed by atoms with E-state index in [1.165, 1.54) is 45.1 Å². The zero-order valence-electron chi connectivity index (χ0n) is 7.76. The van der Waals surface area contributed by atoms with Gasteiger partial charge >= 0.3 is 0 Å². The summed E-state index contributed by atoms with van der Waals surface area (Å²) in [7, 11) is 0. The van der Waals surface area contributed by atoms with Crippen molar-refractivity contribution in [1.82, 2.24) is 5.32 Å². The van der Waals surface area contributed by atoms with Gasteiger partial charge in [0.1, 0.15) is 0 Å². The lowest BCUT2D eigenvalue weighted by atomic mass is 9.92. The molecule has 1 aliphatic carbocycles. The first-order valence-corrected chi connectivity index (χ1v) is 5.37. The molecule has 2 fully saturated rings. The van der Waals surface area contributed by atoms with Gasteiger partial charge in [-0.3, -0.25) is 0 Å². The van der Waals surface area contributed by atoms with Crippen molar-refractivity contribution in [1.29, 1.82) is 0 Å². The number of nitrogens with two attached hydrogens (primary N) is 1. The van der Waals surface area contributed by atoms with Crippen LogP contribution in [0, 0.1) is 5.92 Å². The molecule has 0 spiro atoms. The minimum Gasteiger partial charge on any atom is -0.326 e. The lowest BCUT2D eigenvalue weighted by Crippen LogP contribution is -2.45. The molecular formula is C10H20N2. The lowest BCUT2D eigenvalue weighted by molar-refractivity contribution is 0.352. The highest BCUT2D eigenvalue weighted by atomic mass is 15.0. The van der Waals surface area contributed by atoms with Gasteiger partial charge in [-0.05, 0) is 38.1 Å². The minimum absolute atomic E-state index is 0.440. The third kappa shape index (κ3) is 1.64. The summed E-state index contributed by atoms with van der Waals surface area (Å²) in [6, 6.07) is 1.07. The first kappa shape index (κ1) is 8.52. The fraction of sp³-hybridized carbons (Fsp3) is 1.00. The Morgan fingerprint density at radius 3 is 2.42 bits per heavy atom. The topological polar surface area (TPSA) is 38.0 Å². The Balaban J connectivity index is 1.84. The maximum atomic E-state index is 6.22. The Bertz CT molecular complexity index is 119. The normalized spacial score (nSPS) is 34.2. The molecule has 2 unspecified atom stereocenters. The smallest absolute Gasteiger partial charge is 0.0223 e. The molecule has 1 saturated carbocycles. The van der Waals surface area contributed by atoms with E-state index in [2.05, 4.69) is 5.32 Å². The number of rotatable bonds is 2. The molecule has 1 heterocycles. The quantitative estimate of drug-likeness (QED) is 0.651. The van der Waals surface area contributed by atoms with Crippen LogP contribution in [0.1, 0.15) is 38.5 Å². The van der Waals surface area contributed by atoms with E-state index in [1.807, 2.05) is 0 Å². The van der Waals surface area contributed by atoms with E-state index in [1.54, 1.807) is 0 Å². The number of hydrogen-bond donors (Lipinski definition) is 2. The van der Waals surface area contributed by atoms with Crippen molar-refractivity contribution >= 4 is 0 Å². The molecule has 1 aliphatic heterocycles. The number of hydrogen-bond acceptors (Lipinski definition) is 2. The molecule has 2 heteroatoms. The second kappa shape index (κ2) is 3.75. The second-order valence-corrected chi connectivity index (χ2v) is 4.32. The zero-order valence-corrected chi connectivity index (χ0v) is 7.76. The third-order valence-corrected chi connectivity index (χ3v) is 3.51. The molecule has 0 bridgehead atoms. The highest BCUT2D eigenvalue weighted by Crippen LogP contribution is 2.29. The molecule has 3 N–H and O–H groups in total. The van der Waals surface area contributed by atoms with Crippen LogP contribution in [-0.4, -0.2) is 18.6 Å². The van der Waals surface area contributed by atoms with Crippen LogP contribution in [0.2, 0.25) is 0 Å². The lowest BCUT2D eigenvalue weighted by Gasteiger charge is -2.25. The van der Waals surface area contributed by atoms with E-state index >= 15 is 0 Å². The maximum Gasteiger partial charge on any atom is 0.0223 e. The fourth-order valence-corrected chi connectivity index (χ4v) is 2.71. The van der Waals surface area contributed by atoms with Gasteiger partial charge in [-0.25, -0.2) is 0 Å². The first-order valence-electron chi connectivity index (χ1n) is 5.37. The average Bonchev–Trinajstić information content (AvgIpc) is 2.77. The summed E-state index contributed by atoms with van der Waals surface area (Å²) in [5.41, 5.74) is 6.22. The Morgan fingerprint density at radius 2 is 1.83 bits per heavy atom.